The molecule has 1 N–H and O–H groups in total. The third-order valence-corrected chi connectivity index (χ3v) is 4.14. The van der Waals surface area contributed by atoms with E-state index in [1.807, 2.05) is 17.5 Å². The average molecular weight is 327 g/mol. The van der Waals surface area contributed by atoms with E-state index >= 15 is 0 Å². The fourth-order valence-electron chi connectivity index (χ4n) is 2.19. The Morgan fingerprint density at radius 3 is 2.70 bits per heavy atom. The van der Waals surface area contributed by atoms with Crippen LogP contribution in [0.3, 0.4) is 0 Å². The molecule has 0 aliphatic rings. The van der Waals surface area contributed by atoms with Crippen molar-refractivity contribution in [3.8, 4) is 6.07 Å². The molecule has 2 amide bonds. The van der Waals surface area contributed by atoms with Crippen LogP contribution in [-0.4, -0.2) is 24.9 Å². The van der Waals surface area contributed by atoms with Crippen molar-refractivity contribution in [2.24, 2.45) is 0 Å². The van der Waals surface area contributed by atoms with Gasteiger partial charge in [-0.3, -0.25) is 9.59 Å². The van der Waals surface area contributed by atoms with Gasteiger partial charge in [0.25, 0.3) is 0 Å². The molecule has 1 aromatic heterocycles. The van der Waals surface area contributed by atoms with Gasteiger partial charge in [0.15, 0.2) is 0 Å². The Morgan fingerprint density at radius 1 is 1.26 bits per heavy atom. The quantitative estimate of drug-likeness (QED) is 0.885. The minimum atomic E-state index is -0.166. The number of anilines is 1. The fourth-order valence-corrected chi connectivity index (χ4v) is 2.90. The Kier molecular flexibility index (Phi) is 5.89. The molecule has 0 aliphatic carbocycles. The standard InChI is InChI=1S/C17H17N3O2S/c1-13(21)20(16-7-3-2-5-14(16)12-18)9-8-19-17(22)11-15-6-4-10-23-15/h2-7,10H,8-9,11H2,1H3,(H,19,22). The average Bonchev–Trinajstić information content (AvgIpc) is 3.04. The summed E-state index contributed by atoms with van der Waals surface area (Å²) in [5, 5.41) is 13.9. The van der Waals surface area contributed by atoms with Gasteiger partial charge in [0, 0.05) is 24.9 Å². The molecule has 0 bridgehead atoms. The van der Waals surface area contributed by atoms with Crippen molar-refractivity contribution < 1.29 is 9.59 Å². The number of nitriles is 1. The summed E-state index contributed by atoms with van der Waals surface area (Å²) in [6.45, 7) is 2.11. The summed E-state index contributed by atoms with van der Waals surface area (Å²) in [7, 11) is 0. The van der Waals surface area contributed by atoms with E-state index < -0.39 is 0 Å². The highest BCUT2D eigenvalue weighted by Crippen LogP contribution is 2.19. The Bertz CT molecular complexity index is 720. The van der Waals surface area contributed by atoms with Crippen molar-refractivity contribution >= 4 is 28.8 Å². The normalized spacial score (nSPS) is 9.91. The second kappa shape index (κ2) is 8.11. The largest absolute Gasteiger partial charge is 0.354 e. The SMILES string of the molecule is CC(=O)N(CCNC(=O)Cc1cccs1)c1ccccc1C#N. The van der Waals surface area contributed by atoms with E-state index in [-0.39, 0.29) is 11.8 Å². The van der Waals surface area contributed by atoms with Gasteiger partial charge in [0.1, 0.15) is 6.07 Å². The summed E-state index contributed by atoms with van der Waals surface area (Å²) in [5.74, 6) is -0.246. The van der Waals surface area contributed by atoms with Crippen LogP contribution in [0.4, 0.5) is 5.69 Å². The molecule has 0 saturated heterocycles. The molecule has 2 rings (SSSR count). The lowest BCUT2D eigenvalue weighted by Crippen LogP contribution is -2.38. The van der Waals surface area contributed by atoms with E-state index in [0.717, 1.165) is 4.88 Å². The van der Waals surface area contributed by atoms with Crippen LogP contribution in [0.5, 0.6) is 0 Å². The molecule has 1 heterocycles. The van der Waals surface area contributed by atoms with Crippen LogP contribution in [-0.2, 0) is 16.0 Å². The number of para-hydroxylation sites is 1. The smallest absolute Gasteiger partial charge is 0.225 e. The Morgan fingerprint density at radius 2 is 2.04 bits per heavy atom. The summed E-state index contributed by atoms with van der Waals surface area (Å²) in [6.07, 6.45) is 0.340. The molecule has 0 radical (unpaired) electrons. The predicted molar refractivity (Wildman–Crippen MR) is 90.2 cm³/mol. The minimum absolute atomic E-state index is 0.0791. The Hall–Kier alpha value is -2.65. The number of carbonyl (C=O) groups is 2. The van der Waals surface area contributed by atoms with Crippen molar-refractivity contribution in [1.82, 2.24) is 5.32 Å². The molecule has 0 atom stereocenters. The second-order valence-corrected chi connectivity index (χ2v) is 5.94. The molecule has 0 aliphatic heterocycles. The van der Waals surface area contributed by atoms with Crippen LogP contribution in [0.2, 0.25) is 0 Å². The number of amides is 2. The van der Waals surface area contributed by atoms with Gasteiger partial charge in [-0.15, -0.1) is 11.3 Å². The number of carbonyl (C=O) groups excluding carboxylic acids is 2. The van der Waals surface area contributed by atoms with E-state index in [1.165, 1.54) is 23.2 Å². The molecule has 1 aromatic carbocycles. The molecule has 6 heteroatoms. The number of hydrogen-bond acceptors (Lipinski definition) is 4. The highest BCUT2D eigenvalue weighted by atomic mass is 32.1. The van der Waals surface area contributed by atoms with Gasteiger partial charge in [-0.05, 0) is 23.6 Å². The first kappa shape index (κ1) is 16.7. The van der Waals surface area contributed by atoms with E-state index in [4.69, 9.17) is 5.26 Å². The maximum Gasteiger partial charge on any atom is 0.225 e. The zero-order valence-corrected chi connectivity index (χ0v) is 13.6. The summed E-state index contributed by atoms with van der Waals surface area (Å²) in [4.78, 5) is 26.2. The van der Waals surface area contributed by atoms with E-state index in [2.05, 4.69) is 11.4 Å². The van der Waals surface area contributed by atoms with Gasteiger partial charge < -0.3 is 10.2 Å². The van der Waals surface area contributed by atoms with Gasteiger partial charge in [-0.1, -0.05) is 18.2 Å². The fraction of sp³-hybridized carbons (Fsp3) is 0.235. The van der Waals surface area contributed by atoms with Gasteiger partial charge >= 0.3 is 0 Å². The monoisotopic (exact) mass is 327 g/mol. The van der Waals surface area contributed by atoms with Gasteiger partial charge in [0.2, 0.25) is 11.8 Å². The predicted octanol–water partition coefficient (Wildman–Crippen LogP) is 2.33. The van der Waals surface area contributed by atoms with Crippen LogP contribution in [0.15, 0.2) is 41.8 Å². The number of rotatable bonds is 6. The first-order valence-corrected chi connectivity index (χ1v) is 8.06. The highest BCUT2D eigenvalue weighted by Gasteiger charge is 2.15. The third kappa shape index (κ3) is 4.66. The summed E-state index contributed by atoms with van der Waals surface area (Å²) >= 11 is 1.54. The second-order valence-electron chi connectivity index (χ2n) is 4.91. The molecule has 0 unspecified atom stereocenters. The number of nitrogens with zero attached hydrogens (tertiary/aromatic N) is 2. The van der Waals surface area contributed by atoms with E-state index in [1.54, 1.807) is 24.3 Å². The maximum atomic E-state index is 11.9. The third-order valence-electron chi connectivity index (χ3n) is 3.27. The molecule has 0 spiro atoms. The van der Waals surface area contributed by atoms with Crippen molar-refractivity contribution in [3.63, 3.8) is 0 Å². The maximum absolute atomic E-state index is 11.9. The number of nitrogens with one attached hydrogen (secondary N) is 1. The zero-order valence-electron chi connectivity index (χ0n) is 12.8. The molecule has 0 saturated carbocycles. The summed E-state index contributed by atoms with van der Waals surface area (Å²) in [6, 6.07) is 12.8. The lowest BCUT2D eigenvalue weighted by Gasteiger charge is -2.22. The summed E-state index contributed by atoms with van der Waals surface area (Å²) in [5.41, 5.74) is 1.00. The van der Waals surface area contributed by atoms with Crippen LogP contribution >= 0.6 is 11.3 Å². The lowest BCUT2D eigenvalue weighted by molar-refractivity contribution is -0.120. The lowest BCUT2D eigenvalue weighted by atomic mass is 10.1. The number of benzene rings is 1. The van der Waals surface area contributed by atoms with Crippen molar-refractivity contribution in [3.05, 3.63) is 52.2 Å². The van der Waals surface area contributed by atoms with Crippen LogP contribution in [0.1, 0.15) is 17.4 Å². The first-order valence-electron chi connectivity index (χ1n) is 7.18. The summed E-state index contributed by atoms with van der Waals surface area (Å²) < 4.78 is 0. The molecular weight excluding hydrogens is 310 g/mol. The van der Waals surface area contributed by atoms with Gasteiger partial charge in [-0.25, -0.2) is 0 Å². The van der Waals surface area contributed by atoms with Crippen molar-refractivity contribution in [1.29, 1.82) is 5.26 Å². The Balaban J connectivity index is 1.94. The minimum Gasteiger partial charge on any atom is -0.354 e. The Labute approximate surface area is 139 Å². The molecule has 2 aromatic rings. The van der Waals surface area contributed by atoms with Gasteiger partial charge in [-0.2, -0.15) is 5.26 Å². The van der Waals surface area contributed by atoms with Crippen LogP contribution in [0.25, 0.3) is 0 Å². The molecule has 0 fully saturated rings. The zero-order chi connectivity index (χ0) is 16.7. The number of hydrogen-bond donors (Lipinski definition) is 1. The van der Waals surface area contributed by atoms with Crippen LogP contribution < -0.4 is 10.2 Å². The van der Waals surface area contributed by atoms with E-state index in [9.17, 15) is 9.59 Å². The van der Waals surface area contributed by atoms with Crippen molar-refractivity contribution in [2.45, 2.75) is 13.3 Å². The number of thiophene rings is 1. The molecule has 5 nitrogen and oxygen atoms in total. The molecular formula is C17H17N3O2S. The highest BCUT2D eigenvalue weighted by molar-refractivity contribution is 7.10. The topological polar surface area (TPSA) is 73.2 Å². The molecule has 118 valence electrons. The van der Waals surface area contributed by atoms with E-state index in [0.29, 0.717) is 30.8 Å². The van der Waals surface area contributed by atoms with Gasteiger partial charge in [0.05, 0.1) is 17.7 Å². The van der Waals surface area contributed by atoms with Crippen molar-refractivity contribution in [2.75, 3.05) is 18.0 Å². The van der Waals surface area contributed by atoms with Crippen LogP contribution in [0, 0.1) is 11.3 Å². The first-order chi connectivity index (χ1) is 11.1. The molecule has 23 heavy (non-hydrogen) atoms.